The first-order chi connectivity index (χ1) is 23.0. The SMILES string of the molecule is [2H]c1c([2H])c(-c2nc(SCc3cccc(CCC(=O)N4CCN(CC5CCNCC5)CC4)n3)nc(N)c2C#N)c([2H])c([2H])c1NC(C)=O. The zero-order chi connectivity index (χ0) is 34.4. The average Bonchev–Trinajstić information content (AvgIpc) is 3.08. The minimum Gasteiger partial charge on any atom is -0.382 e. The number of nitrogens with one attached hydrogen (secondary N) is 2. The van der Waals surface area contributed by atoms with Gasteiger partial charge in [0.1, 0.15) is 17.5 Å². The number of nitrogen functional groups attached to an aromatic ring is 1. The van der Waals surface area contributed by atoms with Gasteiger partial charge in [-0.15, -0.1) is 0 Å². The lowest BCUT2D eigenvalue weighted by molar-refractivity contribution is -0.133. The molecule has 2 amide bonds. The second-order valence-electron chi connectivity index (χ2n) is 10.9. The minimum atomic E-state index is -0.549. The number of nitriles is 1. The van der Waals surface area contributed by atoms with E-state index in [-0.39, 0.29) is 39.4 Å². The fourth-order valence-corrected chi connectivity index (χ4v) is 6.13. The van der Waals surface area contributed by atoms with Crippen LogP contribution in [-0.2, 0) is 21.8 Å². The van der Waals surface area contributed by atoms with Crippen molar-refractivity contribution in [2.45, 2.75) is 43.5 Å². The number of carbonyl (C=O) groups is 2. The molecule has 0 saturated carbocycles. The van der Waals surface area contributed by atoms with Crippen LogP contribution in [0.4, 0.5) is 11.5 Å². The van der Waals surface area contributed by atoms with Crippen molar-refractivity contribution >= 4 is 35.1 Å². The summed E-state index contributed by atoms with van der Waals surface area (Å²) in [6, 6.07) is 5.60. The Morgan fingerprint density at radius 2 is 1.84 bits per heavy atom. The van der Waals surface area contributed by atoms with Gasteiger partial charge in [-0.25, -0.2) is 9.97 Å². The maximum absolute atomic E-state index is 13.0. The van der Waals surface area contributed by atoms with Gasteiger partial charge in [0.05, 0.1) is 16.9 Å². The molecular formula is C32H39N9O2S. The third-order valence-electron chi connectivity index (χ3n) is 7.70. The van der Waals surface area contributed by atoms with E-state index in [0.717, 1.165) is 57.4 Å². The summed E-state index contributed by atoms with van der Waals surface area (Å²) in [6.07, 6.45) is 3.32. The van der Waals surface area contributed by atoms with Gasteiger partial charge >= 0.3 is 0 Å². The molecule has 5 rings (SSSR count). The molecule has 4 heterocycles. The Labute approximate surface area is 268 Å². The van der Waals surface area contributed by atoms with Gasteiger partial charge in [0.25, 0.3) is 0 Å². The Balaban J connectivity index is 1.22. The van der Waals surface area contributed by atoms with Gasteiger partial charge in [-0.3, -0.25) is 19.5 Å². The Hall–Kier alpha value is -4.05. The molecule has 44 heavy (non-hydrogen) atoms. The summed E-state index contributed by atoms with van der Waals surface area (Å²) in [6.45, 7) is 7.82. The Morgan fingerprint density at radius 1 is 1.11 bits per heavy atom. The van der Waals surface area contributed by atoms with Crippen molar-refractivity contribution in [3.05, 3.63) is 59.3 Å². The maximum Gasteiger partial charge on any atom is 0.223 e. The molecule has 0 unspecified atom stereocenters. The molecule has 0 radical (unpaired) electrons. The predicted octanol–water partition coefficient (Wildman–Crippen LogP) is 3.32. The third-order valence-corrected chi connectivity index (χ3v) is 8.58. The van der Waals surface area contributed by atoms with Crippen LogP contribution in [-0.4, -0.2) is 82.4 Å². The van der Waals surface area contributed by atoms with E-state index >= 15 is 0 Å². The Morgan fingerprint density at radius 3 is 2.55 bits per heavy atom. The predicted molar refractivity (Wildman–Crippen MR) is 172 cm³/mol. The summed E-state index contributed by atoms with van der Waals surface area (Å²) in [7, 11) is 0. The van der Waals surface area contributed by atoms with E-state index in [1.165, 1.54) is 31.5 Å². The minimum absolute atomic E-state index is 0.131. The van der Waals surface area contributed by atoms with Crippen LogP contribution in [0.1, 0.15) is 48.6 Å². The van der Waals surface area contributed by atoms with Gasteiger partial charge in [-0.05, 0) is 62.5 Å². The number of piperidine rings is 1. The summed E-state index contributed by atoms with van der Waals surface area (Å²) in [5, 5.41) is 15.7. The van der Waals surface area contributed by atoms with Crippen LogP contribution in [0.15, 0.2) is 47.5 Å². The maximum atomic E-state index is 13.0. The number of aromatic nitrogens is 3. The third kappa shape index (κ3) is 8.53. The average molecular weight is 618 g/mol. The number of nitrogens with two attached hydrogens (primary N) is 1. The number of thioether (sulfide) groups is 1. The summed E-state index contributed by atoms with van der Waals surface area (Å²) in [5.74, 6) is 0.490. The van der Waals surface area contributed by atoms with Gasteiger partial charge in [0.2, 0.25) is 11.8 Å². The van der Waals surface area contributed by atoms with Gasteiger partial charge in [-0.2, -0.15) is 5.26 Å². The monoisotopic (exact) mass is 617 g/mol. The molecule has 12 heteroatoms. The number of piperazine rings is 1. The number of rotatable bonds is 10. The zero-order valence-corrected chi connectivity index (χ0v) is 25.6. The van der Waals surface area contributed by atoms with Crippen LogP contribution in [0, 0.1) is 17.2 Å². The smallest absolute Gasteiger partial charge is 0.223 e. The van der Waals surface area contributed by atoms with Crippen molar-refractivity contribution < 1.29 is 15.1 Å². The molecule has 0 spiro atoms. The Bertz CT molecular complexity index is 1700. The van der Waals surface area contributed by atoms with Gasteiger partial charge in [-0.1, -0.05) is 29.9 Å². The van der Waals surface area contributed by atoms with E-state index < -0.39 is 30.1 Å². The molecule has 1 aromatic carbocycles. The van der Waals surface area contributed by atoms with E-state index in [1.807, 2.05) is 29.2 Å². The van der Waals surface area contributed by atoms with Crippen molar-refractivity contribution in [1.82, 2.24) is 30.1 Å². The number of nitrogens with zero attached hydrogens (tertiary/aromatic N) is 6. The summed E-state index contributed by atoms with van der Waals surface area (Å²) >= 11 is 1.19. The molecule has 0 bridgehead atoms. The largest absolute Gasteiger partial charge is 0.382 e. The molecule has 230 valence electrons. The number of hydrogen-bond acceptors (Lipinski definition) is 10. The van der Waals surface area contributed by atoms with Crippen molar-refractivity contribution in [2.24, 2.45) is 5.92 Å². The molecule has 2 fully saturated rings. The molecule has 2 saturated heterocycles. The highest BCUT2D eigenvalue weighted by Gasteiger charge is 2.24. The lowest BCUT2D eigenvalue weighted by Crippen LogP contribution is -2.50. The highest BCUT2D eigenvalue weighted by molar-refractivity contribution is 7.98. The highest BCUT2D eigenvalue weighted by Crippen LogP contribution is 2.29. The fraction of sp³-hybridized carbons (Fsp3) is 0.438. The van der Waals surface area contributed by atoms with Crippen molar-refractivity contribution in [3.63, 3.8) is 0 Å². The van der Waals surface area contributed by atoms with E-state index in [4.69, 9.17) is 16.2 Å². The molecule has 0 atom stereocenters. The van der Waals surface area contributed by atoms with Crippen molar-refractivity contribution in [3.8, 4) is 17.3 Å². The van der Waals surface area contributed by atoms with Crippen molar-refractivity contribution in [1.29, 1.82) is 5.26 Å². The number of amides is 2. The molecule has 4 N–H and O–H groups in total. The number of anilines is 2. The number of hydrogen-bond donors (Lipinski definition) is 3. The lowest BCUT2D eigenvalue weighted by Gasteiger charge is -2.37. The second kappa shape index (κ2) is 15.1. The van der Waals surface area contributed by atoms with E-state index in [2.05, 4.69) is 25.5 Å². The zero-order valence-electron chi connectivity index (χ0n) is 28.8. The molecule has 0 aliphatic carbocycles. The lowest BCUT2D eigenvalue weighted by atomic mass is 9.97. The first-order valence-corrected chi connectivity index (χ1v) is 15.8. The Kier molecular flexibility index (Phi) is 9.05. The molecule has 2 aliphatic rings. The summed E-state index contributed by atoms with van der Waals surface area (Å²) in [4.78, 5) is 42.4. The molecule has 2 aliphatic heterocycles. The van der Waals surface area contributed by atoms with E-state index in [1.54, 1.807) is 0 Å². The molecule has 3 aromatic rings. The van der Waals surface area contributed by atoms with Crippen LogP contribution >= 0.6 is 11.8 Å². The fourth-order valence-electron chi connectivity index (χ4n) is 5.37. The van der Waals surface area contributed by atoms with Crippen LogP contribution in [0.5, 0.6) is 0 Å². The highest BCUT2D eigenvalue weighted by atomic mass is 32.2. The van der Waals surface area contributed by atoms with Crippen molar-refractivity contribution in [2.75, 3.05) is 56.9 Å². The first-order valence-electron chi connectivity index (χ1n) is 16.8. The number of benzene rings is 1. The first kappa shape index (κ1) is 26.4. The van der Waals surface area contributed by atoms with Crippen LogP contribution in [0.2, 0.25) is 0 Å². The van der Waals surface area contributed by atoms with Crippen LogP contribution in [0.3, 0.4) is 0 Å². The summed E-state index contributed by atoms with van der Waals surface area (Å²) in [5.41, 5.74) is 6.80. The standard InChI is InChI=1S/C32H39N9O2S/c1-22(42)36-26-7-5-24(6-8-26)30-28(19-33)31(34)39-32(38-30)44-21-27-4-2-3-25(37-27)9-10-29(43)41-17-15-40(16-18-41)20-23-11-13-35-14-12-23/h2-8,23,35H,9-18,20-21H2,1H3,(H,36,42)(H2,34,38,39)/i5D,6D,7D,8D. The number of carbonyl (C=O) groups excluding carboxylic acids is 2. The molecular weight excluding hydrogens is 574 g/mol. The van der Waals surface area contributed by atoms with Gasteiger partial charge in [0.15, 0.2) is 5.16 Å². The number of pyridine rings is 1. The van der Waals surface area contributed by atoms with Gasteiger partial charge in [0, 0.05) is 68.8 Å². The van der Waals surface area contributed by atoms with E-state index in [9.17, 15) is 14.9 Å². The normalized spacial score (nSPS) is 17.2. The number of aryl methyl sites for hydroxylation is 1. The second-order valence-corrected chi connectivity index (χ2v) is 11.9. The summed E-state index contributed by atoms with van der Waals surface area (Å²) < 4.78 is 33.7. The molecule has 11 nitrogen and oxygen atoms in total. The van der Waals surface area contributed by atoms with Crippen LogP contribution < -0.4 is 16.4 Å². The molecule has 2 aromatic heterocycles. The van der Waals surface area contributed by atoms with E-state index in [0.29, 0.717) is 24.3 Å². The van der Waals surface area contributed by atoms with Gasteiger partial charge < -0.3 is 21.3 Å². The quantitative estimate of drug-likeness (QED) is 0.228. The van der Waals surface area contributed by atoms with Crippen LogP contribution in [0.25, 0.3) is 11.3 Å². The topological polar surface area (TPSA) is 153 Å².